The zero-order valence-electron chi connectivity index (χ0n) is 10.9. The van der Waals surface area contributed by atoms with Crippen LogP contribution in [-0.4, -0.2) is 14.8 Å². The third kappa shape index (κ3) is 3.20. The van der Waals surface area contributed by atoms with Crippen LogP contribution < -0.4 is 16.9 Å². The average Bonchev–Trinajstić information content (AvgIpc) is 2.35. The quantitative estimate of drug-likeness (QED) is 0.810. The largest absolute Gasteiger partial charge is 0.339 e. The lowest BCUT2D eigenvalue weighted by Gasteiger charge is -2.10. The molecule has 0 bridgehead atoms. The Labute approximate surface area is 127 Å². The topological polar surface area (TPSA) is 93.8 Å². The number of benzene rings is 1. The molecule has 0 saturated heterocycles. The SMILES string of the molecule is C[C@@H](N)c1ccc(Sc2nc(=O)c(=O)[nH]n2C)cc1Br. The molecule has 1 aromatic carbocycles. The Morgan fingerprint density at radius 2 is 2.15 bits per heavy atom. The van der Waals surface area contributed by atoms with Crippen LogP contribution in [0.3, 0.4) is 0 Å². The molecule has 0 aliphatic rings. The summed E-state index contributed by atoms with van der Waals surface area (Å²) in [4.78, 5) is 27.0. The van der Waals surface area contributed by atoms with E-state index >= 15 is 0 Å². The second-order valence-corrected chi connectivity index (χ2v) is 6.17. The molecule has 6 nitrogen and oxygen atoms in total. The normalized spacial score (nSPS) is 12.4. The summed E-state index contributed by atoms with van der Waals surface area (Å²) >= 11 is 4.75. The summed E-state index contributed by atoms with van der Waals surface area (Å²) < 4.78 is 2.31. The molecule has 1 heterocycles. The van der Waals surface area contributed by atoms with Crippen LogP contribution in [0.4, 0.5) is 0 Å². The molecular formula is C12H13BrN4O2S. The molecule has 0 aliphatic carbocycles. The van der Waals surface area contributed by atoms with Crippen LogP contribution in [0.15, 0.2) is 42.3 Å². The molecule has 1 atom stereocenters. The highest BCUT2D eigenvalue weighted by atomic mass is 79.9. The fraction of sp³-hybridized carbons (Fsp3) is 0.250. The second-order valence-electron chi connectivity index (χ2n) is 4.27. The number of nitrogens with two attached hydrogens (primary N) is 1. The van der Waals surface area contributed by atoms with Gasteiger partial charge in [0.15, 0.2) is 5.16 Å². The van der Waals surface area contributed by atoms with E-state index in [9.17, 15) is 9.59 Å². The van der Waals surface area contributed by atoms with E-state index in [1.807, 2.05) is 25.1 Å². The fourth-order valence-corrected chi connectivity index (χ4v) is 3.32. The van der Waals surface area contributed by atoms with Crippen LogP contribution in [0.5, 0.6) is 0 Å². The van der Waals surface area contributed by atoms with Crippen molar-refractivity contribution in [2.24, 2.45) is 12.8 Å². The Hall–Kier alpha value is -1.38. The Morgan fingerprint density at radius 3 is 2.75 bits per heavy atom. The van der Waals surface area contributed by atoms with Crippen LogP contribution in [0.1, 0.15) is 18.5 Å². The molecule has 0 saturated carbocycles. The summed E-state index contributed by atoms with van der Waals surface area (Å²) in [5, 5.41) is 2.82. The van der Waals surface area contributed by atoms with Gasteiger partial charge in [-0.05, 0) is 24.6 Å². The molecule has 20 heavy (non-hydrogen) atoms. The van der Waals surface area contributed by atoms with Crippen LogP contribution in [0, 0.1) is 0 Å². The number of H-pyrrole nitrogens is 1. The van der Waals surface area contributed by atoms with E-state index in [1.165, 1.54) is 16.4 Å². The number of aromatic nitrogens is 3. The summed E-state index contributed by atoms with van der Waals surface area (Å²) in [6.45, 7) is 1.90. The minimum atomic E-state index is -0.795. The van der Waals surface area contributed by atoms with Crippen molar-refractivity contribution in [2.45, 2.75) is 23.0 Å². The maximum Gasteiger partial charge on any atom is 0.339 e. The first-order chi connectivity index (χ1) is 9.38. The van der Waals surface area contributed by atoms with E-state index in [0.717, 1.165) is 14.9 Å². The van der Waals surface area contributed by atoms with Crippen molar-refractivity contribution in [3.05, 3.63) is 48.9 Å². The number of nitrogens with one attached hydrogen (secondary N) is 1. The second kappa shape index (κ2) is 5.94. The summed E-state index contributed by atoms with van der Waals surface area (Å²) in [5.41, 5.74) is 5.32. The summed E-state index contributed by atoms with van der Waals surface area (Å²) in [5.74, 6) is 0. The van der Waals surface area contributed by atoms with Gasteiger partial charge in [-0.2, -0.15) is 4.98 Å². The highest BCUT2D eigenvalue weighted by molar-refractivity contribution is 9.10. The summed E-state index contributed by atoms with van der Waals surface area (Å²) in [6, 6.07) is 5.64. The van der Waals surface area contributed by atoms with Crippen molar-refractivity contribution in [1.29, 1.82) is 0 Å². The van der Waals surface area contributed by atoms with Gasteiger partial charge in [0.25, 0.3) is 0 Å². The molecule has 8 heteroatoms. The monoisotopic (exact) mass is 356 g/mol. The minimum Gasteiger partial charge on any atom is -0.324 e. The number of aromatic amines is 1. The molecule has 0 radical (unpaired) electrons. The van der Waals surface area contributed by atoms with Crippen LogP contribution in [0.2, 0.25) is 0 Å². The van der Waals surface area contributed by atoms with Crippen molar-refractivity contribution in [1.82, 2.24) is 14.8 Å². The molecule has 0 amide bonds. The van der Waals surface area contributed by atoms with Crippen LogP contribution >= 0.6 is 27.7 Å². The van der Waals surface area contributed by atoms with Gasteiger partial charge in [0.2, 0.25) is 0 Å². The first-order valence-corrected chi connectivity index (χ1v) is 7.39. The van der Waals surface area contributed by atoms with Gasteiger partial charge in [0, 0.05) is 22.5 Å². The number of hydrogen-bond acceptors (Lipinski definition) is 5. The van der Waals surface area contributed by atoms with E-state index < -0.39 is 11.1 Å². The first kappa shape index (κ1) is 15.0. The molecular weight excluding hydrogens is 344 g/mol. The Morgan fingerprint density at radius 1 is 1.45 bits per heavy atom. The third-order valence-corrected chi connectivity index (χ3v) is 4.34. The van der Waals surface area contributed by atoms with Crippen molar-refractivity contribution in [3.63, 3.8) is 0 Å². The number of aryl methyl sites for hydroxylation is 1. The number of rotatable bonds is 3. The predicted octanol–water partition coefficient (Wildman–Crippen LogP) is 1.40. The average molecular weight is 357 g/mol. The third-order valence-electron chi connectivity index (χ3n) is 2.62. The first-order valence-electron chi connectivity index (χ1n) is 5.78. The highest BCUT2D eigenvalue weighted by Gasteiger charge is 2.09. The van der Waals surface area contributed by atoms with Gasteiger partial charge in [-0.3, -0.25) is 19.4 Å². The fourth-order valence-electron chi connectivity index (χ4n) is 1.60. The predicted molar refractivity (Wildman–Crippen MR) is 81.0 cm³/mol. The Bertz CT molecular complexity index is 754. The zero-order chi connectivity index (χ0) is 14.9. The lowest BCUT2D eigenvalue weighted by atomic mass is 10.1. The van der Waals surface area contributed by atoms with E-state index in [1.54, 1.807) is 7.05 Å². The molecule has 3 N–H and O–H groups in total. The molecule has 0 unspecified atom stereocenters. The number of hydrogen-bond donors (Lipinski definition) is 2. The van der Waals surface area contributed by atoms with Crippen LogP contribution in [0.25, 0.3) is 0 Å². The van der Waals surface area contributed by atoms with Gasteiger partial charge >= 0.3 is 11.1 Å². The van der Waals surface area contributed by atoms with E-state index in [0.29, 0.717) is 5.16 Å². The smallest absolute Gasteiger partial charge is 0.324 e. The maximum atomic E-state index is 11.3. The van der Waals surface area contributed by atoms with Gasteiger partial charge in [0.1, 0.15) is 0 Å². The van der Waals surface area contributed by atoms with E-state index in [2.05, 4.69) is 26.0 Å². The highest BCUT2D eigenvalue weighted by Crippen LogP contribution is 2.30. The molecule has 0 aliphatic heterocycles. The van der Waals surface area contributed by atoms with Gasteiger partial charge in [-0.1, -0.05) is 33.8 Å². The number of halogens is 1. The van der Waals surface area contributed by atoms with Gasteiger partial charge in [-0.25, -0.2) is 0 Å². The molecule has 0 fully saturated rings. The van der Waals surface area contributed by atoms with Crippen molar-refractivity contribution in [3.8, 4) is 0 Å². The van der Waals surface area contributed by atoms with Crippen LogP contribution in [-0.2, 0) is 7.05 Å². The molecule has 0 spiro atoms. The van der Waals surface area contributed by atoms with Crippen molar-refractivity contribution in [2.75, 3.05) is 0 Å². The van der Waals surface area contributed by atoms with Gasteiger partial charge < -0.3 is 5.73 Å². The number of nitrogens with zero attached hydrogens (tertiary/aromatic N) is 2. The zero-order valence-corrected chi connectivity index (χ0v) is 13.3. The van der Waals surface area contributed by atoms with Gasteiger partial charge in [0.05, 0.1) is 0 Å². The standard InChI is InChI=1S/C12H13BrN4O2S/c1-6(14)8-4-3-7(5-9(8)13)20-12-15-10(18)11(19)16-17(12)2/h3-6H,14H2,1-2H3,(H,16,19)/t6-/m1/s1. The summed E-state index contributed by atoms with van der Waals surface area (Å²) in [7, 11) is 1.63. The van der Waals surface area contributed by atoms with E-state index in [4.69, 9.17) is 5.73 Å². The molecule has 2 aromatic rings. The lowest BCUT2D eigenvalue weighted by Crippen LogP contribution is -2.33. The van der Waals surface area contributed by atoms with Gasteiger partial charge in [-0.15, -0.1) is 0 Å². The van der Waals surface area contributed by atoms with E-state index in [-0.39, 0.29) is 6.04 Å². The van der Waals surface area contributed by atoms with Crippen molar-refractivity contribution >= 4 is 27.7 Å². The minimum absolute atomic E-state index is 0.0704. The Balaban J connectivity index is 2.36. The van der Waals surface area contributed by atoms with Crippen molar-refractivity contribution < 1.29 is 0 Å². The summed E-state index contributed by atoms with van der Waals surface area (Å²) in [6.07, 6.45) is 0. The lowest BCUT2D eigenvalue weighted by molar-refractivity contribution is 0.596. The maximum absolute atomic E-state index is 11.3. The Kier molecular flexibility index (Phi) is 4.46. The molecule has 106 valence electrons. The molecule has 1 aromatic heterocycles. The molecule has 2 rings (SSSR count).